The Morgan fingerprint density at radius 3 is 3.21 bits per heavy atom. The number of alkyl halides is 1. The van der Waals surface area contributed by atoms with Crippen LogP contribution in [0.5, 0.6) is 0 Å². The molecule has 2 heterocycles. The number of aromatic nitrogens is 1. The van der Waals surface area contributed by atoms with E-state index in [1.165, 1.54) is 30.1 Å². The summed E-state index contributed by atoms with van der Waals surface area (Å²) in [5.74, 6) is 0. The molecule has 4 heteroatoms. The fraction of sp³-hybridized carbons (Fsp3) is 0.700. The van der Waals surface area contributed by atoms with Crippen molar-refractivity contribution in [3.05, 3.63) is 16.1 Å². The summed E-state index contributed by atoms with van der Waals surface area (Å²) in [6.07, 6.45) is 2.62. The molecule has 1 atom stereocenters. The second-order valence-corrected chi connectivity index (χ2v) is 6.19. The molecule has 0 saturated carbocycles. The summed E-state index contributed by atoms with van der Waals surface area (Å²) in [5, 5.41) is 3.35. The topological polar surface area (TPSA) is 16.1 Å². The van der Waals surface area contributed by atoms with E-state index in [0.717, 1.165) is 13.1 Å². The zero-order valence-electron chi connectivity index (χ0n) is 8.37. The maximum absolute atomic E-state index is 4.49. The number of halogens is 1. The Balaban J connectivity index is 1.90. The Bertz CT molecular complexity index is 300. The molecular weight excluding hydrogens is 260 g/mol. The molecule has 1 unspecified atom stereocenters. The van der Waals surface area contributed by atoms with Crippen LogP contribution < -0.4 is 0 Å². The lowest BCUT2D eigenvalue weighted by Gasteiger charge is -2.29. The summed E-state index contributed by atoms with van der Waals surface area (Å²) in [6, 6.07) is 0. The normalized spacial score (nSPS) is 24.0. The predicted octanol–water partition coefficient (Wildman–Crippen LogP) is 2.81. The second kappa shape index (κ2) is 4.73. The monoisotopic (exact) mass is 274 g/mol. The minimum atomic E-state index is 0.677. The van der Waals surface area contributed by atoms with Gasteiger partial charge in [-0.05, 0) is 26.3 Å². The van der Waals surface area contributed by atoms with Gasteiger partial charge in [0.15, 0.2) is 0 Å². The smallest absolute Gasteiger partial charge is 0.0897 e. The van der Waals surface area contributed by atoms with Gasteiger partial charge < -0.3 is 0 Å². The Kier molecular flexibility index (Phi) is 3.57. The van der Waals surface area contributed by atoms with Crippen LogP contribution in [0.1, 0.15) is 23.5 Å². The van der Waals surface area contributed by atoms with Crippen molar-refractivity contribution in [3.8, 4) is 0 Å². The lowest BCUT2D eigenvalue weighted by atomic mass is 10.1. The number of piperidine rings is 1. The van der Waals surface area contributed by atoms with Crippen molar-refractivity contribution in [2.75, 3.05) is 13.1 Å². The third kappa shape index (κ3) is 2.78. The van der Waals surface area contributed by atoms with E-state index < -0.39 is 0 Å². The van der Waals surface area contributed by atoms with E-state index in [2.05, 4.69) is 38.1 Å². The van der Waals surface area contributed by atoms with E-state index in [1.807, 2.05) is 0 Å². The molecule has 0 spiro atoms. The van der Waals surface area contributed by atoms with Crippen LogP contribution in [0.15, 0.2) is 5.38 Å². The quantitative estimate of drug-likeness (QED) is 0.772. The molecule has 1 aromatic rings. The molecule has 0 amide bonds. The molecule has 0 aliphatic carbocycles. The zero-order valence-corrected chi connectivity index (χ0v) is 10.8. The highest BCUT2D eigenvalue weighted by atomic mass is 79.9. The van der Waals surface area contributed by atoms with E-state index in [4.69, 9.17) is 0 Å². The molecule has 2 nitrogen and oxygen atoms in total. The van der Waals surface area contributed by atoms with Crippen molar-refractivity contribution < 1.29 is 0 Å². The maximum atomic E-state index is 4.49. The first-order valence-electron chi connectivity index (χ1n) is 5.01. The number of rotatable bonds is 2. The molecule has 1 saturated heterocycles. The molecule has 0 N–H and O–H groups in total. The molecule has 1 fully saturated rings. The third-order valence-corrected chi connectivity index (χ3v) is 4.07. The van der Waals surface area contributed by atoms with Gasteiger partial charge in [0.25, 0.3) is 0 Å². The van der Waals surface area contributed by atoms with Gasteiger partial charge in [0.1, 0.15) is 0 Å². The van der Waals surface area contributed by atoms with Gasteiger partial charge in [-0.1, -0.05) is 15.9 Å². The molecule has 0 bridgehead atoms. The van der Waals surface area contributed by atoms with Crippen LogP contribution in [-0.4, -0.2) is 27.8 Å². The standard InChI is InChI=1S/C10H15BrN2S/c1-8-12-10(7-14-8)6-13-4-2-3-9(11)5-13/h7,9H,2-6H2,1H3. The molecule has 78 valence electrons. The van der Waals surface area contributed by atoms with E-state index in [9.17, 15) is 0 Å². The number of thiazole rings is 1. The fourth-order valence-corrected chi connectivity index (χ4v) is 3.19. The number of likely N-dealkylation sites (tertiary alicyclic amines) is 1. The predicted molar refractivity (Wildman–Crippen MR) is 64.1 cm³/mol. The Labute approximate surface area is 97.5 Å². The highest BCUT2D eigenvalue weighted by Gasteiger charge is 2.17. The average molecular weight is 275 g/mol. The Hall–Kier alpha value is 0.0700. The van der Waals surface area contributed by atoms with E-state index in [-0.39, 0.29) is 0 Å². The SMILES string of the molecule is Cc1nc(CN2CCCC(Br)C2)cs1. The van der Waals surface area contributed by atoms with Gasteiger partial charge in [-0.3, -0.25) is 4.90 Å². The Morgan fingerprint density at radius 2 is 2.57 bits per heavy atom. The first-order chi connectivity index (χ1) is 6.74. The molecule has 1 aliphatic rings. The molecule has 2 rings (SSSR count). The lowest BCUT2D eigenvalue weighted by Crippen LogP contribution is -2.35. The van der Waals surface area contributed by atoms with Crippen molar-refractivity contribution in [1.82, 2.24) is 9.88 Å². The first kappa shape index (κ1) is 10.6. The van der Waals surface area contributed by atoms with Crippen LogP contribution in [0.2, 0.25) is 0 Å². The first-order valence-corrected chi connectivity index (χ1v) is 6.81. The highest BCUT2D eigenvalue weighted by molar-refractivity contribution is 9.09. The zero-order chi connectivity index (χ0) is 9.97. The summed E-state index contributed by atoms with van der Waals surface area (Å²) in [7, 11) is 0. The van der Waals surface area contributed by atoms with Crippen LogP contribution in [0, 0.1) is 6.92 Å². The van der Waals surface area contributed by atoms with Crippen molar-refractivity contribution in [3.63, 3.8) is 0 Å². The number of nitrogens with zero attached hydrogens (tertiary/aromatic N) is 2. The van der Waals surface area contributed by atoms with E-state index in [1.54, 1.807) is 11.3 Å². The average Bonchev–Trinajstić information content (AvgIpc) is 2.51. The summed E-state index contributed by atoms with van der Waals surface area (Å²) in [5.41, 5.74) is 1.23. The minimum Gasteiger partial charge on any atom is -0.296 e. The van der Waals surface area contributed by atoms with E-state index >= 15 is 0 Å². The fourth-order valence-electron chi connectivity index (χ4n) is 1.85. The highest BCUT2D eigenvalue weighted by Crippen LogP contribution is 2.19. The largest absolute Gasteiger partial charge is 0.296 e. The van der Waals surface area contributed by atoms with Crippen molar-refractivity contribution >= 4 is 27.3 Å². The van der Waals surface area contributed by atoms with Gasteiger partial charge >= 0.3 is 0 Å². The molecule has 14 heavy (non-hydrogen) atoms. The maximum Gasteiger partial charge on any atom is 0.0897 e. The van der Waals surface area contributed by atoms with Crippen LogP contribution >= 0.6 is 27.3 Å². The lowest BCUT2D eigenvalue weighted by molar-refractivity contribution is 0.225. The summed E-state index contributed by atoms with van der Waals surface area (Å²) in [4.78, 5) is 7.65. The molecular formula is C10H15BrN2S. The number of hydrogen-bond donors (Lipinski definition) is 0. The molecule has 0 aromatic carbocycles. The number of aryl methyl sites for hydroxylation is 1. The van der Waals surface area contributed by atoms with Crippen molar-refractivity contribution in [1.29, 1.82) is 0 Å². The molecule has 1 aromatic heterocycles. The van der Waals surface area contributed by atoms with Crippen LogP contribution in [0.4, 0.5) is 0 Å². The summed E-state index contributed by atoms with van der Waals surface area (Å²) >= 11 is 5.43. The van der Waals surface area contributed by atoms with Crippen LogP contribution in [-0.2, 0) is 6.54 Å². The second-order valence-electron chi connectivity index (χ2n) is 3.83. The molecule has 0 radical (unpaired) electrons. The number of hydrogen-bond acceptors (Lipinski definition) is 3. The van der Waals surface area contributed by atoms with Crippen molar-refractivity contribution in [2.24, 2.45) is 0 Å². The van der Waals surface area contributed by atoms with Crippen molar-refractivity contribution in [2.45, 2.75) is 31.1 Å². The third-order valence-electron chi connectivity index (χ3n) is 2.50. The van der Waals surface area contributed by atoms with Gasteiger partial charge in [0.2, 0.25) is 0 Å². The van der Waals surface area contributed by atoms with E-state index in [0.29, 0.717) is 4.83 Å². The van der Waals surface area contributed by atoms with Crippen LogP contribution in [0.3, 0.4) is 0 Å². The van der Waals surface area contributed by atoms with Gasteiger partial charge in [0, 0.05) is 23.3 Å². The van der Waals surface area contributed by atoms with Gasteiger partial charge in [0.05, 0.1) is 10.7 Å². The molecule has 1 aliphatic heterocycles. The van der Waals surface area contributed by atoms with Crippen LogP contribution in [0.25, 0.3) is 0 Å². The van der Waals surface area contributed by atoms with Gasteiger partial charge in [-0.2, -0.15) is 0 Å². The summed E-state index contributed by atoms with van der Waals surface area (Å²) < 4.78 is 0. The minimum absolute atomic E-state index is 0.677. The summed E-state index contributed by atoms with van der Waals surface area (Å²) in [6.45, 7) is 5.47. The van der Waals surface area contributed by atoms with Gasteiger partial charge in [-0.25, -0.2) is 4.98 Å². The van der Waals surface area contributed by atoms with Gasteiger partial charge in [-0.15, -0.1) is 11.3 Å². The Morgan fingerprint density at radius 1 is 1.71 bits per heavy atom.